The number of nitrogens with zero attached hydrogens (tertiary/aromatic N) is 1. The van der Waals surface area contributed by atoms with Crippen molar-refractivity contribution in [3.8, 4) is 5.75 Å². The van der Waals surface area contributed by atoms with Crippen molar-refractivity contribution in [1.82, 2.24) is 4.98 Å². The summed E-state index contributed by atoms with van der Waals surface area (Å²) < 4.78 is 11.6. The Kier molecular flexibility index (Phi) is 3.64. The zero-order valence-electron chi connectivity index (χ0n) is 10.1. The van der Waals surface area contributed by atoms with Gasteiger partial charge in [0.2, 0.25) is 0 Å². The topological polar surface area (TPSA) is 31.4 Å². The van der Waals surface area contributed by atoms with E-state index in [1.165, 1.54) is 5.56 Å². The van der Waals surface area contributed by atoms with E-state index in [1.807, 2.05) is 13.0 Å². The molecule has 0 amide bonds. The smallest absolute Gasteiger partial charge is 0.135 e. The molecule has 0 radical (unpaired) electrons. The molecule has 0 aliphatic rings. The standard InChI is InChI=1S/C13H14BrNO2/c1-8-4-10-12(11(14)5-8)15-6-9(7-16-2)13(10)17-3/h4-6H,7H2,1-3H3. The molecule has 1 heterocycles. The minimum absolute atomic E-state index is 0.498. The molecule has 0 unspecified atom stereocenters. The van der Waals surface area contributed by atoms with Crippen LogP contribution in [-0.4, -0.2) is 19.2 Å². The fraction of sp³-hybridized carbons (Fsp3) is 0.308. The largest absolute Gasteiger partial charge is 0.496 e. The molecule has 0 atom stereocenters. The first kappa shape index (κ1) is 12.3. The van der Waals surface area contributed by atoms with Gasteiger partial charge in [-0.2, -0.15) is 0 Å². The van der Waals surface area contributed by atoms with Gasteiger partial charge in [-0.25, -0.2) is 0 Å². The summed E-state index contributed by atoms with van der Waals surface area (Å²) in [5.41, 5.74) is 3.03. The van der Waals surface area contributed by atoms with Crippen LogP contribution in [0.3, 0.4) is 0 Å². The third-order valence-electron chi connectivity index (χ3n) is 2.60. The fourth-order valence-electron chi connectivity index (χ4n) is 1.91. The molecule has 0 N–H and O–H groups in total. The highest BCUT2D eigenvalue weighted by Crippen LogP contribution is 2.33. The summed E-state index contributed by atoms with van der Waals surface area (Å²) in [6.45, 7) is 2.55. The Labute approximate surface area is 109 Å². The molecule has 90 valence electrons. The highest BCUT2D eigenvalue weighted by Gasteiger charge is 2.11. The zero-order chi connectivity index (χ0) is 12.4. The lowest BCUT2D eigenvalue weighted by Crippen LogP contribution is -1.97. The third kappa shape index (κ3) is 2.28. The number of halogens is 1. The van der Waals surface area contributed by atoms with Crippen LogP contribution in [0.25, 0.3) is 10.9 Å². The highest BCUT2D eigenvalue weighted by molar-refractivity contribution is 9.10. The van der Waals surface area contributed by atoms with E-state index in [1.54, 1.807) is 20.4 Å². The number of pyridine rings is 1. The van der Waals surface area contributed by atoms with E-state index >= 15 is 0 Å². The summed E-state index contributed by atoms with van der Waals surface area (Å²) in [5, 5.41) is 1.01. The van der Waals surface area contributed by atoms with Crippen LogP contribution in [0.2, 0.25) is 0 Å². The second-order valence-electron chi connectivity index (χ2n) is 3.89. The molecule has 0 saturated heterocycles. The summed E-state index contributed by atoms with van der Waals surface area (Å²) in [6.07, 6.45) is 1.80. The third-order valence-corrected chi connectivity index (χ3v) is 3.20. The number of ether oxygens (including phenoxy) is 2. The van der Waals surface area contributed by atoms with Crippen LogP contribution in [0.4, 0.5) is 0 Å². The van der Waals surface area contributed by atoms with Crippen LogP contribution in [0.5, 0.6) is 5.75 Å². The Hall–Kier alpha value is -1.13. The Morgan fingerprint density at radius 3 is 2.71 bits per heavy atom. The van der Waals surface area contributed by atoms with Crippen molar-refractivity contribution < 1.29 is 9.47 Å². The van der Waals surface area contributed by atoms with Crippen molar-refractivity contribution >= 4 is 26.8 Å². The predicted molar refractivity (Wildman–Crippen MR) is 71.4 cm³/mol. The summed E-state index contributed by atoms with van der Waals surface area (Å²) in [4.78, 5) is 4.44. The fourth-order valence-corrected chi connectivity index (χ4v) is 2.59. The number of rotatable bonds is 3. The molecule has 2 rings (SSSR count). The lowest BCUT2D eigenvalue weighted by atomic mass is 10.1. The van der Waals surface area contributed by atoms with Crippen LogP contribution in [0, 0.1) is 6.92 Å². The molecule has 17 heavy (non-hydrogen) atoms. The molecule has 0 bridgehead atoms. The molecule has 0 aliphatic heterocycles. The van der Waals surface area contributed by atoms with E-state index in [2.05, 4.69) is 27.0 Å². The molecule has 1 aromatic heterocycles. The van der Waals surface area contributed by atoms with Gasteiger partial charge in [0, 0.05) is 28.7 Å². The lowest BCUT2D eigenvalue weighted by Gasteiger charge is -2.12. The molecule has 1 aromatic carbocycles. The van der Waals surface area contributed by atoms with Crippen LogP contribution in [0.15, 0.2) is 22.8 Å². The van der Waals surface area contributed by atoms with Crippen molar-refractivity contribution in [2.45, 2.75) is 13.5 Å². The lowest BCUT2D eigenvalue weighted by molar-refractivity contribution is 0.181. The first-order valence-electron chi connectivity index (χ1n) is 5.28. The molecule has 2 aromatic rings. The molecule has 0 fully saturated rings. The van der Waals surface area contributed by atoms with Gasteiger partial charge < -0.3 is 9.47 Å². The number of methoxy groups -OCH3 is 2. The van der Waals surface area contributed by atoms with E-state index in [0.29, 0.717) is 6.61 Å². The summed E-state index contributed by atoms with van der Waals surface area (Å²) in [5.74, 6) is 0.834. The number of benzene rings is 1. The van der Waals surface area contributed by atoms with Gasteiger partial charge in [0.1, 0.15) is 5.75 Å². The molecule has 0 saturated carbocycles. The SMILES string of the molecule is COCc1cnc2c(Br)cc(C)cc2c1OC. The predicted octanol–water partition coefficient (Wildman–Crippen LogP) is 3.46. The summed E-state index contributed by atoms with van der Waals surface area (Å²) in [7, 11) is 3.33. The first-order chi connectivity index (χ1) is 8.17. The van der Waals surface area contributed by atoms with Crippen molar-refractivity contribution in [2.24, 2.45) is 0 Å². The van der Waals surface area contributed by atoms with Crippen molar-refractivity contribution in [3.63, 3.8) is 0 Å². The Balaban J connectivity index is 2.75. The second-order valence-corrected chi connectivity index (χ2v) is 4.75. The number of fused-ring (bicyclic) bond motifs is 1. The monoisotopic (exact) mass is 295 g/mol. The van der Waals surface area contributed by atoms with Gasteiger partial charge in [-0.15, -0.1) is 0 Å². The quantitative estimate of drug-likeness (QED) is 0.869. The van der Waals surface area contributed by atoms with Gasteiger partial charge in [-0.3, -0.25) is 4.98 Å². The molecule has 4 heteroatoms. The van der Waals surface area contributed by atoms with Gasteiger partial charge in [0.25, 0.3) is 0 Å². The Bertz CT molecular complexity index is 555. The molecule has 0 spiro atoms. The minimum Gasteiger partial charge on any atom is -0.496 e. The maximum Gasteiger partial charge on any atom is 0.135 e. The Morgan fingerprint density at radius 2 is 2.06 bits per heavy atom. The number of hydrogen-bond donors (Lipinski definition) is 0. The van der Waals surface area contributed by atoms with E-state index in [-0.39, 0.29) is 0 Å². The van der Waals surface area contributed by atoms with Crippen molar-refractivity contribution in [2.75, 3.05) is 14.2 Å². The Morgan fingerprint density at radius 1 is 1.29 bits per heavy atom. The first-order valence-corrected chi connectivity index (χ1v) is 6.07. The van der Waals surface area contributed by atoms with Crippen molar-refractivity contribution in [3.05, 3.63) is 33.9 Å². The molecule has 3 nitrogen and oxygen atoms in total. The van der Waals surface area contributed by atoms with E-state index in [9.17, 15) is 0 Å². The normalized spacial score (nSPS) is 10.8. The minimum atomic E-state index is 0.498. The maximum absolute atomic E-state index is 5.48. The molecular formula is C13H14BrNO2. The summed E-state index contributed by atoms with van der Waals surface area (Å²) in [6, 6.07) is 4.12. The van der Waals surface area contributed by atoms with Gasteiger partial charge in [-0.05, 0) is 40.5 Å². The summed E-state index contributed by atoms with van der Waals surface area (Å²) >= 11 is 3.53. The van der Waals surface area contributed by atoms with E-state index in [4.69, 9.17) is 9.47 Å². The van der Waals surface area contributed by atoms with Crippen LogP contribution < -0.4 is 4.74 Å². The average Bonchev–Trinajstić information content (AvgIpc) is 2.28. The zero-order valence-corrected chi connectivity index (χ0v) is 11.7. The van der Waals surface area contributed by atoms with Gasteiger partial charge in [0.15, 0.2) is 0 Å². The van der Waals surface area contributed by atoms with Crippen LogP contribution >= 0.6 is 15.9 Å². The van der Waals surface area contributed by atoms with E-state index in [0.717, 1.165) is 26.7 Å². The van der Waals surface area contributed by atoms with Gasteiger partial charge in [0.05, 0.1) is 19.2 Å². The van der Waals surface area contributed by atoms with E-state index < -0.39 is 0 Å². The maximum atomic E-state index is 5.48. The van der Waals surface area contributed by atoms with Crippen LogP contribution in [0.1, 0.15) is 11.1 Å². The van der Waals surface area contributed by atoms with Crippen molar-refractivity contribution in [1.29, 1.82) is 0 Å². The second kappa shape index (κ2) is 5.02. The number of hydrogen-bond acceptors (Lipinski definition) is 3. The highest BCUT2D eigenvalue weighted by atomic mass is 79.9. The van der Waals surface area contributed by atoms with Gasteiger partial charge >= 0.3 is 0 Å². The number of aromatic nitrogens is 1. The van der Waals surface area contributed by atoms with Gasteiger partial charge in [-0.1, -0.05) is 0 Å². The molecular weight excluding hydrogens is 282 g/mol. The molecule has 0 aliphatic carbocycles. The number of aryl methyl sites for hydroxylation is 1. The van der Waals surface area contributed by atoms with Crippen LogP contribution in [-0.2, 0) is 11.3 Å². The average molecular weight is 296 g/mol.